The van der Waals surface area contributed by atoms with E-state index in [1.807, 2.05) is 62.4 Å². The van der Waals surface area contributed by atoms with Gasteiger partial charge < -0.3 is 30.3 Å². The molecule has 2 aromatic carbocycles. The Balaban J connectivity index is 1.25. The number of benzene rings is 2. The van der Waals surface area contributed by atoms with Gasteiger partial charge in [-0.2, -0.15) is 0 Å². The fraction of sp³-hybridized carbons (Fsp3) is 0.538. The van der Waals surface area contributed by atoms with E-state index in [9.17, 15) is 10.2 Å². The van der Waals surface area contributed by atoms with Crippen molar-refractivity contribution in [2.45, 2.75) is 63.8 Å². The van der Waals surface area contributed by atoms with Crippen molar-refractivity contribution in [2.24, 2.45) is 0 Å². The van der Waals surface area contributed by atoms with E-state index in [0.717, 1.165) is 48.3 Å². The number of aliphatic hydroxyl groups is 2. The molecule has 0 bridgehead atoms. The minimum atomic E-state index is -0.533. The average Bonchev–Trinajstić information content (AvgIpc) is 2.81. The zero-order valence-corrected chi connectivity index (χ0v) is 19.3. The van der Waals surface area contributed by atoms with E-state index in [-0.39, 0.29) is 13.2 Å². The van der Waals surface area contributed by atoms with Crippen molar-refractivity contribution in [1.82, 2.24) is 10.6 Å². The molecular formula is C26H38N2O4. The number of hydrogen-bond acceptors (Lipinski definition) is 6. The van der Waals surface area contributed by atoms with Crippen molar-refractivity contribution in [1.29, 1.82) is 0 Å². The van der Waals surface area contributed by atoms with E-state index < -0.39 is 12.2 Å². The van der Waals surface area contributed by atoms with Gasteiger partial charge in [-0.25, -0.2) is 0 Å². The Bertz CT molecular complexity index is 740. The highest BCUT2D eigenvalue weighted by atomic mass is 16.5. The first-order chi connectivity index (χ1) is 15.5. The van der Waals surface area contributed by atoms with E-state index >= 15 is 0 Å². The average molecular weight is 443 g/mol. The zero-order chi connectivity index (χ0) is 22.8. The predicted molar refractivity (Wildman–Crippen MR) is 127 cm³/mol. The van der Waals surface area contributed by atoms with Crippen LogP contribution in [0.3, 0.4) is 0 Å². The smallest absolute Gasteiger partial charge is 0.122 e. The second kappa shape index (κ2) is 12.8. The summed E-state index contributed by atoms with van der Waals surface area (Å²) in [5.41, 5.74) is 2.15. The summed E-state index contributed by atoms with van der Waals surface area (Å²) < 4.78 is 11.5. The highest BCUT2D eigenvalue weighted by Crippen LogP contribution is 2.20. The minimum Gasteiger partial charge on any atom is -0.491 e. The number of hydrogen-bond donors (Lipinski definition) is 4. The standard InChI is InChI=1S/C26H38N2O4/c1-19-7-3-5-9-25(19)31-17-23(29)15-27-21-11-13-22(14-12-21)28-16-24(30)18-32-26-10-6-4-8-20(26)2/h3-10,21-24,27-30H,11-18H2,1-2H3/t21?,22?,23-,24-/m1/s1. The molecule has 6 nitrogen and oxygen atoms in total. The summed E-state index contributed by atoms with van der Waals surface area (Å²) in [7, 11) is 0. The number of para-hydroxylation sites is 2. The molecule has 0 radical (unpaired) electrons. The summed E-state index contributed by atoms with van der Waals surface area (Å²) in [6, 6.07) is 16.5. The molecule has 3 rings (SSSR count). The monoisotopic (exact) mass is 442 g/mol. The molecule has 1 aliphatic rings. The van der Waals surface area contributed by atoms with E-state index in [1.165, 1.54) is 0 Å². The van der Waals surface area contributed by atoms with E-state index in [1.54, 1.807) is 0 Å². The third kappa shape index (κ3) is 8.10. The van der Waals surface area contributed by atoms with Crippen molar-refractivity contribution >= 4 is 0 Å². The lowest BCUT2D eigenvalue weighted by Crippen LogP contribution is -2.45. The molecule has 1 fully saturated rings. The van der Waals surface area contributed by atoms with Gasteiger partial charge in [-0.3, -0.25) is 0 Å². The lowest BCUT2D eigenvalue weighted by Gasteiger charge is -2.31. The highest BCUT2D eigenvalue weighted by Gasteiger charge is 2.22. The van der Waals surface area contributed by atoms with Crippen molar-refractivity contribution in [3.63, 3.8) is 0 Å². The maximum atomic E-state index is 10.2. The quantitative estimate of drug-likeness (QED) is 0.405. The van der Waals surface area contributed by atoms with Gasteiger partial charge in [0.1, 0.15) is 36.9 Å². The fourth-order valence-electron chi connectivity index (χ4n) is 4.03. The summed E-state index contributed by atoms with van der Waals surface area (Å²) >= 11 is 0. The van der Waals surface area contributed by atoms with Crippen molar-refractivity contribution in [3.8, 4) is 11.5 Å². The van der Waals surface area contributed by atoms with Crippen LogP contribution < -0.4 is 20.1 Å². The Morgan fingerprint density at radius 2 is 1.09 bits per heavy atom. The summed E-state index contributed by atoms with van der Waals surface area (Å²) in [6.07, 6.45) is 3.15. The Hall–Kier alpha value is -2.12. The number of ether oxygens (including phenoxy) is 2. The summed E-state index contributed by atoms with van der Waals surface area (Å²) in [5, 5.41) is 27.4. The summed E-state index contributed by atoms with van der Waals surface area (Å²) in [4.78, 5) is 0. The van der Waals surface area contributed by atoms with Crippen molar-refractivity contribution in [3.05, 3.63) is 59.7 Å². The maximum Gasteiger partial charge on any atom is 0.122 e. The minimum absolute atomic E-state index is 0.289. The third-order valence-corrected chi connectivity index (χ3v) is 6.06. The van der Waals surface area contributed by atoms with E-state index in [0.29, 0.717) is 25.2 Å². The molecule has 0 spiro atoms. The molecule has 176 valence electrons. The Labute approximate surface area is 192 Å². The van der Waals surface area contributed by atoms with Gasteiger partial charge in [-0.1, -0.05) is 36.4 Å². The SMILES string of the molecule is Cc1ccccc1OC[C@H](O)CNC1CCC(NC[C@@H](O)COc2ccccc2C)CC1. The predicted octanol–water partition coefficient (Wildman–Crippen LogP) is 2.97. The molecule has 1 aliphatic carbocycles. The molecule has 2 atom stereocenters. The van der Waals surface area contributed by atoms with Crippen LogP contribution in [0, 0.1) is 13.8 Å². The number of aliphatic hydroxyl groups excluding tert-OH is 2. The second-order valence-corrected chi connectivity index (χ2v) is 8.83. The lowest BCUT2D eigenvalue weighted by atomic mass is 9.91. The molecule has 32 heavy (non-hydrogen) atoms. The molecule has 0 aliphatic heterocycles. The Morgan fingerprint density at radius 3 is 1.47 bits per heavy atom. The van der Waals surface area contributed by atoms with Crippen LogP contribution in [-0.2, 0) is 0 Å². The summed E-state index contributed by atoms with van der Waals surface area (Å²) in [5.74, 6) is 1.65. The molecule has 6 heteroatoms. The first-order valence-electron chi connectivity index (χ1n) is 11.7. The molecule has 2 aromatic rings. The summed E-state index contributed by atoms with van der Waals surface area (Å²) in [6.45, 7) is 5.65. The number of aryl methyl sites for hydroxylation is 2. The normalized spacial score (nSPS) is 20.5. The van der Waals surface area contributed by atoms with Crippen LogP contribution >= 0.6 is 0 Å². The molecule has 0 heterocycles. The van der Waals surface area contributed by atoms with E-state index in [4.69, 9.17) is 9.47 Å². The van der Waals surface area contributed by atoms with Gasteiger partial charge in [0, 0.05) is 25.2 Å². The molecule has 4 N–H and O–H groups in total. The van der Waals surface area contributed by atoms with Crippen LogP contribution in [0.2, 0.25) is 0 Å². The first kappa shape index (κ1) is 24.5. The fourth-order valence-corrected chi connectivity index (χ4v) is 4.03. The van der Waals surface area contributed by atoms with Crippen LogP contribution in [0.25, 0.3) is 0 Å². The molecule has 1 saturated carbocycles. The van der Waals surface area contributed by atoms with Crippen LogP contribution in [0.15, 0.2) is 48.5 Å². The second-order valence-electron chi connectivity index (χ2n) is 8.83. The van der Waals surface area contributed by atoms with Crippen LogP contribution in [0.5, 0.6) is 11.5 Å². The molecule has 0 aromatic heterocycles. The van der Waals surface area contributed by atoms with Gasteiger partial charge in [0.2, 0.25) is 0 Å². The third-order valence-electron chi connectivity index (χ3n) is 6.06. The topological polar surface area (TPSA) is 83.0 Å². The van der Waals surface area contributed by atoms with Gasteiger partial charge in [-0.05, 0) is 62.8 Å². The van der Waals surface area contributed by atoms with Gasteiger partial charge in [0.15, 0.2) is 0 Å². The molecule has 0 amide bonds. The first-order valence-corrected chi connectivity index (χ1v) is 11.7. The molecular weight excluding hydrogens is 404 g/mol. The highest BCUT2D eigenvalue weighted by molar-refractivity contribution is 5.32. The van der Waals surface area contributed by atoms with E-state index in [2.05, 4.69) is 10.6 Å². The van der Waals surface area contributed by atoms with Crippen molar-refractivity contribution < 1.29 is 19.7 Å². The van der Waals surface area contributed by atoms with Gasteiger partial charge in [0.25, 0.3) is 0 Å². The largest absolute Gasteiger partial charge is 0.491 e. The zero-order valence-electron chi connectivity index (χ0n) is 19.3. The van der Waals surface area contributed by atoms with Crippen LogP contribution in [0.1, 0.15) is 36.8 Å². The lowest BCUT2D eigenvalue weighted by molar-refractivity contribution is 0.0962. The van der Waals surface area contributed by atoms with Crippen LogP contribution in [-0.4, -0.2) is 60.8 Å². The molecule has 0 unspecified atom stereocenters. The Morgan fingerprint density at radius 1 is 0.719 bits per heavy atom. The van der Waals surface area contributed by atoms with Crippen LogP contribution in [0.4, 0.5) is 0 Å². The molecule has 0 saturated heterocycles. The Kier molecular flexibility index (Phi) is 9.81. The maximum absolute atomic E-state index is 10.2. The van der Waals surface area contributed by atoms with Gasteiger partial charge >= 0.3 is 0 Å². The van der Waals surface area contributed by atoms with Gasteiger partial charge in [0.05, 0.1) is 0 Å². The number of rotatable bonds is 12. The number of nitrogens with one attached hydrogen (secondary N) is 2. The van der Waals surface area contributed by atoms with Gasteiger partial charge in [-0.15, -0.1) is 0 Å². The van der Waals surface area contributed by atoms with Crippen molar-refractivity contribution in [2.75, 3.05) is 26.3 Å².